The topological polar surface area (TPSA) is 49.0 Å². The summed E-state index contributed by atoms with van der Waals surface area (Å²) in [5.74, 6) is 0. The fourth-order valence-electron chi connectivity index (χ4n) is 1.79. The van der Waals surface area contributed by atoms with Crippen molar-refractivity contribution < 1.29 is 112 Å². The van der Waals surface area contributed by atoms with Crippen LogP contribution >= 0.6 is 0 Å². The summed E-state index contributed by atoms with van der Waals surface area (Å²) in [5.41, 5.74) is 1.49. The molecule has 0 bridgehead atoms. The van der Waals surface area contributed by atoms with Crippen LogP contribution in [0.1, 0.15) is 32.3 Å². The van der Waals surface area contributed by atoms with Gasteiger partial charge in [-0.15, -0.1) is 13.1 Å². The van der Waals surface area contributed by atoms with Gasteiger partial charge in [-0.2, -0.15) is 31.7 Å². The van der Waals surface area contributed by atoms with Crippen LogP contribution in [0.4, 0.5) is 0 Å². The van der Waals surface area contributed by atoms with Gasteiger partial charge in [-0.25, -0.2) is 0 Å². The van der Waals surface area contributed by atoms with Gasteiger partial charge < -0.3 is 19.7 Å². The first kappa shape index (κ1) is 29.4. The number of aromatic nitrogens is 2. The van der Waals surface area contributed by atoms with Crippen molar-refractivity contribution in [1.82, 2.24) is 9.55 Å². The first-order valence-corrected chi connectivity index (χ1v) is 6.94. The van der Waals surface area contributed by atoms with Gasteiger partial charge in [0.15, 0.2) is 0 Å². The van der Waals surface area contributed by atoms with E-state index in [1.54, 1.807) is 19.4 Å². The molecule has 0 aliphatic heterocycles. The fourth-order valence-corrected chi connectivity index (χ4v) is 1.79. The monoisotopic (exact) mass is 630 g/mol. The van der Waals surface area contributed by atoms with Crippen molar-refractivity contribution in [3.63, 3.8) is 0 Å². The Morgan fingerprint density at radius 3 is 2.61 bits per heavy atom. The number of fused-ring (bicyclic) bond motifs is 1. The Hall–Kier alpha value is 1.66. The Kier molecular flexibility index (Phi) is 21.9. The third-order valence-corrected chi connectivity index (χ3v) is 2.76. The third kappa shape index (κ3) is 9.80. The zero-order chi connectivity index (χ0) is 15.0. The molecule has 0 unspecified atom stereocenters. The minimum absolute atomic E-state index is 0. The van der Waals surface area contributed by atoms with Crippen molar-refractivity contribution in [3.8, 4) is 0 Å². The molecule has 2 aromatic rings. The van der Waals surface area contributed by atoms with Crippen LogP contribution in [-0.2, 0) is 53.8 Å². The van der Waals surface area contributed by atoms with Crippen molar-refractivity contribution in [1.29, 1.82) is 0 Å². The number of nitrogens with zero attached hydrogens (tertiary/aromatic N) is 3. The number of rotatable bonds is 5. The molecule has 4 nitrogen and oxygen atoms in total. The predicted octanol–water partition coefficient (Wildman–Crippen LogP) is 0.397. The van der Waals surface area contributed by atoms with Crippen LogP contribution in [0.3, 0.4) is 0 Å². The van der Waals surface area contributed by atoms with E-state index in [0.29, 0.717) is 10.9 Å². The Morgan fingerprint density at radius 2 is 2.00 bits per heavy atom. The van der Waals surface area contributed by atoms with Crippen LogP contribution in [0, 0.1) is 13.5 Å². The molecule has 1 aromatic heterocycles. The van der Waals surface area contributed by atoms with Gasteiger partial charge in [0, 0.05) is 59.3 Å². The number of hydrogen-bond acceptors (Lipinski definition) is 2. The normalized spacial score (nSPS) is 8.65. The molecule has 0 saturated carbocycles. The summed E-state index contributed by atoms with van der Waals surface area (Å²) < 4.78 is 1.54. The molecule has 0 atom stereocenters. The van der Waals surface area contributed by atoms with Crippen molar-refractivity contribution in [2.24, 2.45) is 0 Å². The van der Waals surface area contributed by atoms with Gasteiger partial charge in [0.25, 0.3) is 0 Å². The van der Waals surface area contributed by atoms with Crippen molar-refractivity contribution >= 4 is 10.9 Å². The summed E-state index contributed by atoms with van der Waals surface area (Å²) in [6, 6.07) is 5.45. The zero-order valence-electron chi connectivity index (χ0n) is 14.5. The van der Waals surface area contributed by atoms with Gasteiger partial charge in [0.1, 0.15) is 5.56 Å². The van der Waals surface area contributed by atoms with Crippen LogP contribution in [0.15, 0.2) is 29.3 Å². The van der Waals surface area contributed by atoms with Gasteiger partial charge in [0.05, 0.1) is 0 Å². The fraction of sp³-hybridized carbons (Fsp3) is 0.375. The molecule has 7 heteroatoms. The average molecular weight is 631 g/mol. The Bertz CT molecular complexity index is 607. The van der Waals surface area contributed by atoms with E-state index in [2.05, 4.69) is 17.2 Å². The maximum atomic E-state index is 12.2. The van der Waals surface area contributed by atoms with Crippen molar-refractivity contribution in [2.75, 3.05) is 13.6 Å². The minimum Gasteiger partial charge on any atom is -0.665 e. The van der Waals surface area contributed by atoms with Gasteiger partial charge in [0.2, 0.25) is 0 Å². The van der Waals surface area contributed by atoms with E-state index in [1.165, 1.54) is 4.57 Å². The van der Waals surface area contributed by atoms with Crippen LogP contribution in [-0.4, -0.2) is 23.1 Å². The van der Waals surface area contributed by atoms with Crippen LogP contribution in [0.5, 0.6) is 0 Å². The first-order chi connectivity index (χ1) is 9.72. The molecule has 0 aliphatic rings. The molecule has 0 amide bonds. The Morgan fingerprint density at radius 1 is 1.35 bits per heavy atom. The van der Waals surface area contributed by atoms with E-state index in [4.69, 9.17) is 0 Å². The number of benzene rings is 1. The summed E-state index contributed by atoms with van der Waals surface area (Å²) >= 11 is 0. The molecule has 0 N–H and O–H groups in total. The zero-order valence-corrected chi connectivity index (χ0v) is 25.1. The summed E-state index contributed by atoms with van der Waals surface area (Å²) in [7, 11) is 1.79. The largest absolute Gasteiger partial charge is 1.00 e. The van der Waals surface area contributed by atoms with E-state index in [9.17, 15) is 4.79 Å². The average Bonchev–Trinajstić information content (AvgIpc) is 2.48. The predicted molar refractivity (Wildman–Crippen MR) is 84.9 cm³/mol. The van der Waals surface area contributed by atoms with E-state index < -0.39 is 0 Å². The molecule has 0 aliphatic carbocycles. The maximum absolute atomic E-state index is 12.2. The van der Waals surface area contributed by atoms with Crippen LogP contribution in [0.25, 0.3) is 16.2 Å². The third-order valence-electron chi connectivity index (χ3n) is 2.76. The SMILES string of the molecule is CC.[CH2-]c1ccc2ncn([CH-]CCC[N-]C)c(=O)c2c1.[Rb+].[W].[Y]. The van der Waals surface area contributed by atoms with Crippen LogP contribution in [0.2, 0.25) is 0 Å². The number of hydrogen-bond donors (Lipinski definition) is 0. The van der Waals surface area contributed by atoms with E-state index in [1.807, 2.05) is 32.5 Å². The summed E-state index contributed by atoms with van der Waals surface area (Å²) in [6.45, 7) is 10.5. The molecule has 119 valence electrons. The molecule has 0 saturated heterocycles. The summed E-state index contributed by atoms with van der Waals surface area (Å²) in [4.78, 5) is 16.4. The van der Waals surface area contributed by atoms with Gasteiger partial charge in [-0.05, 0) is 11.7 Å². The molecule has 0 spiro atoms. The summed E-state index contributed by atoms with van der Waals surface area (Å²) in [5, 5.41) is 4.63. The van der Waals surface area contributed by atoms with Crippen LogP contribution < -0.4 is 63.7 Å². The Labute approximate surface area is 227 Å². The van der Waals surface area contributed by atoms with Gasteiger partial charge in [-0.1, -0.05) is 32.8 Å². The minimum atomic E-state index is -0.0427. The number of unbranched alkanes of at least 4 members (excludes halogenated alkanes) is 1. The molecule has 1 aromatic carbocycles. The molecule has 0 fully saturated rings. The molecular weight excluding hydrogens is 608 g/mol. The second kappa shape index (κ2) is 17.1. The standard InChI is InChI=1S/C14H16N3O.C2H6.Rb.W.Y/c1-11-5-6-13-12(9-11)14(18)17(10-16-13)8-4-3-7-15-2;1-2;;;/h5-6,8-10H,1,3-4,7H2,2H3;1-2H3;;;/q-3;;+1;;. The van der Waals surface area contributed by atoms with E-state index in [0.717, 1.165) is 24.9 Å². The van der Waals surface area contributed by atoms with E-state index in [-0.39, 0.29) is 118 Å². The van der Waals surface area contributed by atoms with Crippen molar-refractivity contribution in [3.05, 3.63) is 59.2 Å². The second-order valence-corrected chi connectivity index (χ2v) is 4.17. The molecule has 2 rings (SSSR count). The second-order valence-electron chi connectivity index (χ2n) is 4.17. The van der Waals surface area contributed by atoms with Crippen molar-refractivity contribution in [2.45, 2.75) is 26.7 Å². The molecule has 23 heavy (non-hydrogen) atoms. The Balaban J connectivity index is -0.000000770. The maximum Gasteiger partial charge on any atom is 1.00 e. The summed E-state index contributed by atoms with van der Waals surface area (Å²) in [6.07, 6.45) is 3.32. The smallest absolute Gasteiger partial charge is 0.665 e. The molecular formula is C16H22N3ORbWY-2. The molecule has 1 radical (unpaired) electrons. The quantitative estimate of drug-likeness (QED) is 0.355. The van der Waals surface area contributed by atoms with E-state index >= 15 is 0 Å². The van der Waals surface area contributed by atoms with Gasteiger partial charge >= 0.3 is 58.2 Å². The van der Waals surface area contributed by atoms with Gasteiger partial charge in [-0.3, -0.25) is 0 Å². The first-order valence-electron chi connectivity index (χ1n) is 6.94. The molecule has 1 heterocycles.